The first kappa shape index (κ1) is 21.2. The van der Waals surface area contributed by atoms with Crippen molar-refractivity contribution in [1.82, 2.24) is 0 Å². The second-order valence-electron chi connectivity index (χ2n) is 3.57. The molecule has 0 saturated heterocycles. The van der Waals surface area contributed by atoms with E-state index in [0.29, 0.717) is 13.2 Å². The van der Waals surface area contributed by atoms with Gasteiger partial charge < -0.3 is 14.0 Å². The van der Waals surface area contributed by atoms with Crippen LogP contribution in [0.2, 0.25) is 12.6 Å². The molecule has 0 radical (unpaired) electrons. The second kappa shape index (κ2) is 11.7. The minimum atomic E-state index is -2.45. The minimum absolute atomic E-state index is 0.225. The molecule has 0 bridgehead atoms. The Morgan fingerprint density at radius 2 is 1.56 bits per heavy atom. The van der Waals surface area contributed by atoms with E-state index < -0.39 is 14.6 Å². The van der Waals surface area contributed by atoms with Crippen LogP contribution in [0.3, 0.4) is 0 Å². The predicted octanol–water partition coefficient (Wildman–Crippen LogP) is 3.88. The topological polar surface area (TPSA) is 38.7 Å². The zero-order valence-corrected chi connectivity index (χ0v) is 15.5. The lowest BCUT2D eigenvalue weighted by molar-refractivity contribution is 0.184. The van der Waals surface area contributed by atoms with E-state index in [9.17, 15) is 0 Å². The van der Waals surface area contributed by atoms with Crippen LogP contribution in [0.5, 0.6) is 0 Å². The van der Waals surface area contributed by atoms with Gasteiger partial charge in [0, 0.05) is 19.8 Å². The van der Waals surface area contributed by atoms with Crippen molar-refractivity contribution in [2.75, 3.05) is 19.8 Å². The fourth-order valence-corrected chi connectivity index (χ4v) is 3.59. The normalized spacial score (nSPS) is 11.7. The fourth-order valence-electron chi connectivity index (χ4n) is 1.20. The summed E-state index contributed by atoms with van der Waals surface area (Å²) >= 11 is 15.8. The summed E-state index contributed by atoms with van der Waals surface area (Å²) in [6.07, 6.45) is 0.780. The fraction of sp³-hybridized carbons (Fsp3) is 0.800. The summed E-state index contributed by atoms with van der Waals surface area (Å²) in [6, 6.07) is -1.57. The average Bonchev–Trinajstić information content (AvgIpc) is 2.27. The van der Waals surface area contributed by atoms with Gasteiger partial charge in [0.25, 0.3) is 0 Å². The number of aliphatic hydroxyl groups is 1. The van der Waals surface area contributed by atoms with Gasteiger partial charge in [-0.25, -0.2) is 0 Å². The molecule has 3 nitrogen and oxygen atoms in total. The van der Waals surface area contributed by atoms with Crippen LogP contribution in [0.25, 0.3) is 0 Å². The summed E-state index contributed by atoms with van der Waals surface area (Å²) in [4.78, 5) is 0. The zero-order valence-electron chi connectivity index (χ0n) is 11.2. The van der Waals surface area contributed by atoms with Crippen molar-refractivity contribution < 1.29 is 14.0 Å². The SMILES string of the molecule is C=C[Si](Cl)(Cl)Cl.CCO[Si](C)(CCCO)OCC. The van der Waals surface area contributed by atoms with Crippen LogP contribution in [0.15, 0.2) is 12.3 Å². The van der Waals surface area contributed by atoms with Crippen molar-refractivity contribution >= 4 is 47.8 Å². The van der Waals surface area contributed by atoms with Crippen LogP contribution in [-0.4, -0.2) is 39.5 Å². The number of rotatable bonds is 8. The van der Waals surface area contributed by atoms with Crippen molar-refractivity contribution in [3.63, 3.8) is 0 Å². The molecule has 0 aromatic heterocycles. The van der Waals surface area contributed by atoms with Crippen LogP contribution in [0.1, 0.15) is 20.3 Å². The first-order valence-corrected chi connectivity index (χ1v) is 13.5. The van der Waals surface area contributed by atoms with Gasteiger partial charge in [0.1, 0.15) is 0 Å². The highest BCUT2D eigenvalue weighted by molar-refractivity contribution is 7.66. The number of hydrogen-bond acceptors (Lipinski definition) is 3. The van der Waals surface area contributed by atoms with Crippen LogP contribution in [0, 0.1) is 0 Å². The van der Waals surface area contributed by atoms with E-state index in [1.54, 1.807) is 0 Å². The Morgan fingerprint density at radius 3 is 1.78 bits per heavy atom. The molecule has 0 saturated carbocycles. The largest absolute Gasteiger partial charge is 0.396 e. The number of halogens is 3. The van der Waals surface area contributed by atoms with Gasteiger partial charge in [0.2, 0.25) is 0 Å². The molecule has 0 aliphatic heterocycles. The molecule has 0 rings (SSSR count). The molecule has 8 heteroatoms. The third-order valence-electron chi connectivity index (χ3n) is 1.92. The van der Waals surface area contributed by atoms with E-state index in [2.05, 4.69) is 13.1 Å². The average molecular weight is 354 g/mol. The number of aliphatic hydroxyl groups excluding tert-OH is 1. The van der Waals surface area contributed by atoms with Gasteiger partial charge in [-0.15, -0.1) is 39.8 Å². The predicted molar refractivity (Wildman–Crippen MR) is 84.9 cm³/mol. The quantitative estimate of drug-likeness (QED) is 0.531. The Hall–Kier alpha value is 0.924. The highest BCUT2D eigenvalue weighted by Crippen LogP contribution is 2.19. The van der Waals surface area contributed by atoms with E-state index in [1.165, 1.54) is 5.70 Å². The monoisotopic (exact) mass is 352 g/mol. The minimum Gasteiger partial charge on any atom is -0.396 e. The molecule has 0 atom stereocenters. The molecule has 0 aromatic rings. The van der Waals surface area contributed by atoms with Gasteiger partial charge in [0.15, 0.2) is 0 Å². The Kier molecular flexibility index (Phi) is 13.8. The molecule has 0 unspecified atom stereocenters. The highest BCUT2D eigenvalue weighted by atomic mass is 35.8. The van der Waals surface area contributed by atoms with Crippen LogP contribution >= 0.6 is 33.2 Å². The van der Waals surface area contributed by atoms with E-state index in [-0.39, 0.29) is 6.61 Å². The molecule has 1 N–H and O–H groups in total. The molecule has 0 fully saturated rings. The first-order valence-electron chi connectivity index (χ1n) is 5.83. The Labute approximate surface area is 126 Å². The molecular formula is C10H23Cl3O3Si2. The van der Waals surface area contributed by atoms with E-state index in [1.807, 2.05) is 13.8 Å². The van der Waals surface area contributed by atoms with E-state index in [0.717, 1.165) is 12.5 Å². The van der Waals surface area contributed by atoms with Crippen molar-refractivity contribution in [2.24, 2.45) is 0 Å². The lowest BCUT2D eigenvalue weighted by Crippen LogP contribution is -2.38. The third-order valence-corrected chi connectivity index (χ3v) is 6.83. The van der Waals surface area contributed by atoms with Gasteiger partial charge in [-0.05, 0) is 32.9 Å². The molecule has 0 spiro atoms. The van der Waals surface area contributed by atoms with E-state index in [4.69, 9.17) is 47.2 Å². The first-order chi connectivity index (χ1) is 8.24. The van der Waals surface area contributed by atoms with Crippen LogP contribution in [0.4, 0.5) is 0 Å². The Morgan fingerprint density at radius 1 is 1.17 bits per heavy atom. The molecule has 110 valence electrons. The summed E-state index contributed by atoms with van der Waals surface area (Å²) in [7, 11) is -1.93. The van der Waals surface area contributed by atoms with E-state index >= 15 is 0 Å². The molecule has 18 heavy (non-hydrogen) atoms. The van der Waals surface area contributed by atoms with Crippen molar-refractivity contribution in [1.29, 1.82) is 0 Å². The molecule has 0 aliphatic rings. The van der Waals surface area contributed by atoms with Crippen LogP contribution < -0.4 is 0 Å². The van der Waals surface area contributed by atoms with Gasteiger partial charge in [-0.2, -0.15) is 0 Å². The summed E-state index contributed by atoms with van der Waals surface area (Å²) in [5, 5.41) is 8.68. The van der Waals surface area contributed by atoms with Crippen molar-refractivity contribution in [3.05, 3.63) is 12.3 Å². The zero-order chi connectivity index (χ0) is 14.7. The van der Waals surface area contributed by atoms with Gasteiger partial charge in [-0.1, -0.05) is 5.70 Å². The summed E-state index contributed by atoms with van der Waals surface area (Å²) < 4.78 is 11.2. The van der Waals surface area contributed by atoms with Crippen LogP contribution in [-0.2, 0) is 8.85 Å². The molecule has 0 amide bonds. The molecule has 0 aliphatic carbocycles. The molecular weight excluding hydrogens is 331 g/mol. The lowest BCUT2D eigenvalue weighted by atomic mass is 10.5. The smallest absolute Gasteiger partial charge is 0.365 e. The number of hydrogen-bond donors (Lipinski definition) is 1. The maximum atomic E-state index is 8.68. The molecule has 0 aromatic carbocycles. The van der Waals surface area contributed by atoms with Crippen molar-refractivity contribution in [3.8, 4) is 0 Å². The van der Waals surface area contributed by atoms with Gasteiger partial charge >= 0.3 is 14.6 Å². The summed E-state index contributed by atoms with van der Waals surface area (Å²) in [6.45, 7) is 10.9. The van der Waals surface area contributed by atoms with Crippen molar-refractivity contribution in [2.45, 2.75) is 32.9 Å². The standard InChI is InChI=1S/C8H20O3Si.C2H3Cl3Si/c1-4-10-12(3,11-5-2)8-6-7-9;1-2-6(3,4)5/h9H,4-8H2,1-3H3;2H,1H2. The highest BCUT2D eigenvalue weighted by Gasteiger charge is 2.29. The third kappa shape index (κ3) is 15.0. The van der Waals surface area contributed by atoms with Gasteiger partial charge in [0.05, 0.1) is 0 Å². The molecule has 0 heterocycles. The van der Waals surface area contributed by atoms with Gasteiger partial charge in [-0.3, -0.25) is 0 Å². The second-order valence-corrected chi connectivity index (χ2v) is 15.5. The summed E-state index contributed by atoms with van der Waals surface area (Å²) in [5.41, 5.74) is 1.37. The Bertz CT molecular complexity index is 207. The summed E-state index contributed by atoms with van der Waals surface area (Å²) in [5.74, 6) is 0. The maximum absolute atomic E-state index is 8.68. The Balaban J connectivity index is 0. The maximum Gasteiger partial charge on any atom is 0.365 e. The lowest BCUT2D eigenvalue weighted by Gasteiger charge is -2.25.